The largest absolute Gasteiger partial charge is 0.353 e. The molecule has 0 aromatic rings. The zero-order valence-corrected chi connectivity index (χ0v) is 11.2. The SMILES string of the molecule is O=C(CCC1CCCCC1)NC1CC2C=CC1C2. The van der Waals surface area contributed by atoms with Crippen LogP contribution in [0.5, 0.6) is 0 Å². The van der Waals surface area contributed by atoms with E-state index >= 15 is 0 Å². The monoisotopic (exact) mass is 247 g/mol. The first-order chi connectivity index (χ1) is 8.81. The first-order valence-electron chi connectivity index (χ1n) is 7.79. The van der Waals surface area contributed by atoms with E-state index in [2.05, 4.69) is 17.5 Å². The van der Waals surface area contributed by atoms with Crippen molar-refractivity contribution in [2.75, 3.05) is 0 Å². The third-order valence-corrected chi connectivity index (χ3v) is 5.13. The first-order valence-corrected chi connectivity index (χ1v) is 7.79. The molecule has 0 spiro atoms. The smallest absolute Gasteiger partial charge is 0.220 e. The predicted molar refractivity (Wildman–Crippen MR) is 73.1 cm³/mol. The highest BCUT2D eigenvalue weighted by Gasteiger charge is 2.36. The molecule has 3 atom stereocenters. The van der Waals surface area contributed by atoms with E-state index in [9.17, 15) is 4.79 Å². The maximum absolute atomic E-state index is 12.0. The Hall–Kier alpha value is -0.790. The molecule has 0 aromatic heterocycles. The van der Waals surface area contributed by atoms with Crippen molar-refractivity contribution in [3.05, 3.63) is 12.2 Å². The number of carbonyl (C=O) groups is 1. The van der Waals surface area contributed by atoms with Crippen LogP contribution in [-0.2, 0) is 4.79 Å². The van der Waals surface area contributed by atoms with Crippen molar-refractivity contribution >= 4 is 5.91 Å². The summed E-state index contributed by atoms with van der Waals surface area (Å²) in [5.74, 6) is 2.50. The van der Waals surface area contributed by atoms with Gasteiger partial charge in [0, 0.05) is 12.5 Å². The van der Waals surface area contributed by atoms with Crippen molar-refractivity contribution in [1.29, 1.82) is 0 Å². The fourth-order valence-corrected chi connectivity index (χ4v) is 4.04. The number of allylic oxidation sites excluding steroid dienone is 1. The summed E-state index contributed by atoms with van der Waals surface area (Å²) < 4.78 is 0. The average molecular weight is 247 g/mol. The van der Waals surface area contributed by atoms with Gasteiger partial charge < -0.3 is 5.32 Å². The number of nitrogens with one attached hydrogen (secondary N) is 1. The van der Waals surface area contributed by atoms with Crippen LogP contribution in [0.25, 0.3) is 0 Å². The summed E-state index contributed by atoms with van der Waals surface area (Å²) >= 11 is 0. The van der Waals surface area contributed by atoms with Gasteiger partial charge in [-0.1, -0.05) is 44.3 Å². The van der Waals surface area contributed by atoms with Crippen molar-refractivity contribution in [3.8, 4) is 0 Å². The lowest BCUT2D eigenvalue weighted by Gasteiger charge is -2.23. The third kappa shape index (κ3) is 2.78. The molecule has 3 unspecified atom stereocenters. The average Bonchev–Trinajstić information content (AvgIpc) is 3.00. The number of fused-ring (bicyclic) bond motifs is 2. The van der Waals surface area contributed by atoms with Crippen LogP contribution in [0.1, 0.15) is 57.8 Å². The molecule has 0 saturated heterocycles. The van der Waals surface area contributed by atoms with Crippen LogP contribution in [0.4, 0.5) is 0 Å². The van der Waals surface area contributed by atoms with Crippen LogP contribution in [-0.4, -0.2) is 11.9 Å². The summed E-state index contributed by atoms with van der Waals surface area (Å²) in [5, 5.41) is 3.26. The highest BCUT2D eigenvalue weighted by Crippen LogP contribution is 2.39. The summed E-state index contributed by atoms with van der Waals surface area (Å²) in [6, 6.07) is 0.443. The molecule has 1 N–H and O–H groups in total. The molecule has 3 rings (SSSR count). The second-order valence-electron chi connectivity index (χ2n) is 6.50. The van der Waals surface area contributed by atoms with Crippen LogP contribution in [0.2, 0.25) is 0 Å². The fourth-order valence-electron chi connectivity index (χ4n) is 4.04. The molecule has 3 aliphatic carbocycles. The van der Waals surface area contributed by atoms with Gasteiger partial charge in [0.25, 0.3) is 0 Å². The maximum atomic E-state index is 12.0. The Kier molecular flexibility index (Phi) is 3.72. The van der Waals surface area contributed by atoms with Gasteiger partial charge in [-0.25, -0.2) is 0 Å². The number of hydrogen-bond acceptors (Lipinski definition) is 1. The molecular weight excluding hydrogens is 222 g/mol. The molecule has 1 amide bonds. The number of amides is 1. The molecule has 100 valence electrons. The van der Waals surface area contributed by atoms with Gasteiger partial charge in [0.15, 0.2) is 0 Å². The van der Waals surface area contributed by atoms with Gasteiger partial charge in [0.2, 0.25) is 5.91 Å². The van der Waals surface area contributed by atoms with Gasteiger partial charge in [-0.3, -0.25) is 4.79 Å². The normalized spacial score (nSPS) is 35.0. The quantitative estimate of drug-likeness (QED) is 0.758. The first kappa shape index (κ1) is 12.3. The lowest BCUT2D eigenvalue weighted by Crippen LogP contribution is -2.37. The third-order valence-electron chi connectivity index (χ3n) is 5.13. The number of hydrogen-bond donors (Lipinski definition) is 1. The van der Waals surface area contributed by atoms with Crippen molar-refractivity contribution in [2.24, 2.45) is 17.8 Å². The van der Waals surface area contributed by atoms with Gasteiger partial charge in [0.05, 0.1) is 0 Å². The summed E-state index contributed by atoms with van der Waals surface area (Å²) in [7, 11) is 0. The van der Waals surface area contributed by atoms with E-state index in [-0.39, 0.29) is 0 Å². The fraction of sp³-hybridized carbons (Fsp3) is 0.812. The second-order valence-corrected chi connectivity index (χ2v) is 6.50. The Labute approximate surface area is 110 Å². The Bertz CT molecular complexity index is 330. The number of carbonyl (C=O) groups excluding carboxylic acids is 1. The summed E-state index contributed by atoms with van der Waals surface area (Å²) in [4.78, 5) is 12.0. The zero-order chi connectivity index (χ0) is 12.4. The minimum atomic E-state index is 0.298. The van der Waals surface area contributed by atoms with E-state index < -0.39 is 0 Å². The summed E-state index contributed by atoms with van der Waals surface area (Å²) in [5.41, 5.74) is 0. The van der Waals surface area contributed by atoms with Gasteiger partial charge in [-0.15, -0.1) is 0 Å². The molecule has 2 saturated carbocycles. The minimum Gasteiger partial charge on any atom is -0.353 e. The maximum Gasteiger partial charge on any atom is 0.220 e. The lowest BCUT2D eigenvalue weighted by molar-refractivity contribution is -0.122. The van der Waals surface area contributed by atoms with E-state index in [1.807, 2.05) is 0 Å². The standard InChI is InChI=1S/C16H25NO/c18-16(9-7-12-4-2-1-3-5-12)17-15-11-13-6-8-14(15)10-13/h6,8,12-15H,1-5,7,9-11H2,(H,17,18). The molecule has 3 aliphatic rings. The second kappa shape index (κ2) is 5.46. The molecule has 2 bridgehead atoms. The Morgan fingerprint density at radius 2 is 1.94 bits per heavy atom. The van der Waals surface area contributed by atoms with Crippen LogP contribution < -0.4 is 5.32 Å². The van der Waals surface area contributed by atoms with E-state index in [1.54, 1.807) is 0 Å². The Morgan fingerprint density at radius 1 is 1.11 bits per heavy atom. The molecule has 0 radical (unpaired) electrons. The van der Waals surface area contributed by atoms with Crippen molar-refractivity contribution in [1.82, 2.24) is 5.32 Å². The van der Waals surface area contributed by atoms with Crippen LogP contribution in [0.15, 0.2) is 12.2 Å². The molecule has 2 fully saturated rings. The van der Waals surface area contributed by atoms with Crippen LogP contribution in [0, 0.1) is 17.8 Å². The Balaban J connectivity index is 1.38. The van der Waals surface area contributed by atoms with E-state index in [1.165, 1.54) is 44.9 Å². The number of rotatable bonds is 4. The zero-order valence-electron chi connectivity index (χ0n) is 11.2. The summed E-state index contributed by atoms with van der Waals surface area (Å²) in [6.45, 7) is 0. The Morgan fingerprint density at radius 3 is 2.61 bits per heavy atom. The highest BCUT2D eigenvalue weighted by atomic mass is 16.1. The van der Waals surface area contributed by atoms with Gasteiger partial charge >= 0.3 is 0 Å². The minimum absolute atomic E-state index is 0.298. The van der Waals surface area contributed by atoms with E-state index in [0.717, 1.165) is 24.7 Å². The van der Waals surface area contributed by atoms with Gasteiger partial charge in [-0.05, 0) is 37.0 Å². The van der Waals surface area contributed by atoms with Crippen LogP contribution >= 0.6 is 0 Å². The van der Waals surface area contributed by atoms with Crippen molar-refractivity contribution < 1.29 is 4.79 Å². The molecular formula is C16H25NO. The molecule has 0 aliphatic heterocycles. The topological polar surface area (TPSA) is 29.1 Å². The highest BCUT2D eigenvalue weighted by molar-refractivity contribution is 5.76. The van der Waals surface area contributed by atoms with Gasteiger partial charge in [-0.2, -0.15) is 0 Å². The van der Waals surface area contributed by atoms with E-state index in [0.29, 0.717) is 17.9 Å². The molecule has 18 heavy (non-hydrogen) atoms. The molecule has 0 aromatic carbocycles. The van der Waals surface area contributed by atoms with Gasteiger partial charge in [0.1, 0.15) is 0 Å². The van der Waals surface area contributed by atoms with Crippen molar-refractivity contribution in [2.45, 2.75) is 63.8 Å². The molecule has 0 heterocycles. The lowest BCUT2D eigenvalue weighted by atomic mass is 9.86. The van der Waals surface area contributed by atoms with Crippen molar-refractivity contribution in [3.63, 3.8) is 0 Å². The molecule has 2 nitrogen and oxygen atoms in total. The molecule has 2 heteroatoms. The predicted octanol–water partition coefficient (Wildman–Crippen LogP) is 3.43. The van der Waals surface area contributed by atoms with E-state index in [4.69, 9.17) is 0 Å². The summed E-state index contributed by atoms with van der Waals surface area (Å²) in [6.07, 6.45) is 15.8. The van der Waals surface area contributed by atoms with Crippen LogP contribution in [0.3, 0.4) is 0 Å².